The molecule has 3 aliphatic heterocycles. The highest BCUT2D eigenvalue weighted by molar-refractivity contribution is 5.90. The predicted molar refractivity (Wildman–Crippen MR) is 89.2 cm³/mol. The Balaban J connectivity index is 1.69. The maximum atomic E-state index is 12.7. The molecular formula is C20H22NO4+. The van der Waals surface area contributed by atoms with E-state index < -0.39 is 17.1 Å². The first-order valence-electron chi connectivity index (χ1n) is 9.32. The van der Waals surface area contributed by atoms with E-state index in [0.29, 0.717) is 24.6 Å². The standard InChI is InChI=1S/C20H21NO4/c1-2-12-10-21(12)8-7-19-16-11-3-4-13(22)17(16)25-18(19)14(23)5-6-20(19,24)15(21)9-11/h3-4,7-8,12,15,18,24H,2,5-6,9-10H2,1H3/p+1/t12-,15+,18-,19-,20+,21+/m0/s1. The number of Topliss-reactive ketones (excluding diaryl/α,β-unsaturated/α-hetero) is 1. The Kier molecular flexibility index (Phi) is 2.26. The van der Waals surface area contributed by atoms with E-state index in [2.05, 4.69) is 19.2 Å². The molecule has 1 aromatic carbocycles. The quantitative estimate of drug-likeness (QED) is 0.601. The summed E-state index contributed by atoms with van der Waals surface area (Å²) in [6, 6.07) is 4.23. The summed E-state index contributed by atoms with van der Waals surface area (Å²) in [5.41, 5.74) is 0.145. The monoisotopic (exact) mass is 340 g/mol. The van der Waals surface area contributed by atoms with Gasteiger partial charge in [-0.05, 0) is 24.1 Å². The smallest absolute Gasteiger partial charge is 0.174 e. The van der Waals surface area contributed by atoms with Gasteiger partial charge in [0.25, 0.3) is 0 Å². The summed E-state index contributed by atoms with van der Waals surface area (Å²) in [6.07, 6.45) is 6.26. The predicted octanol–water partition coefficient (Wildman–Crippen LogP) is 1.55. The third-order valence-corrected chi connectivity index (χ3v) is 7.75. The maximum absolute atomic E-state index is 12.7. The Morgan fingerprint density at radius 3 is 3.00 bits per heavy atom. The van der Waals surface area contributed by atoms with Crippen molar-refractivity contribution in [1.82, 2.24) is 0 Å². The van der Waals surface area contributed by atoms with Crippen molar-refractivity contribution in [3.63, 3.8) is 0 Å². The summed E-state index contributed by atoms with van der Waals surface area (Å²) in [5, 5.41) is 22.4. The van der Waals surface area contributed by atoms with Crippen molar-refractivity contribution in [3.8, 4) is 11.5 Å². The van der Waals surface area contributed by atoms with Crippen molar-refractivity contribution < 1.29 is 24.2 Å². The summed E-state index contributed by atoms with van der Waals surface area (Å²) >= 11 is 0. The molecule has 2 aliphatic carbocycles. The van der Waals surface area contributed by atoms with Gasteiger partial charge in [-0.25, -0.2) is 0 Å². The minimum absolute atomic E-state index is 0.0304. The number of phenols is 1. The molecule has 1 aromatic rings. The molecule has 25 heavy (non-hydrogen) atoms. The van der Waals surface area contributed by atoms with Gasteiger partial charge in [0.15, 0.2) is 23.4 Å². The normalized spacial score (nSPS) is 47.6. The average Bonchev–Trinajstić information content (AvgIpc) is 3.19. The van der Waals surface area contributed by atoms with E-state index >= 15 is 0 Å². The molecule has 5 aliphatic rings. The first-order valence-corrected chi connectivity index (χ1v) is 9.32. The molecule has 5 heteroatoms. The van der Waals surface area contributed by atoms with Gasteiger partial charge in [0.1, 0.15) is 29.6 Å². The highest BCUT2D eigenvalue weighted by atomic mass is 16.5. The van der Waals surface area contributed by atoms with Gasteiger partial charge in [0, 0.05) is 24.8 Å². The number of carbonyl (C=O) groups is 1. The van der Waals surface area contributed by atoms with E-state index in [9.17, 15) is 15.0 Å². The first-order chi connectivity index (χ1) is 12.0. The second-order valence-electron chi connectivity index (χ2n) is 8.48. The van der Waals surface area contributed by atoms with Crippen LogP contribution >= 0.6 is 0 Å². The molecule has 0 unspecified atom stereocenters. The number of benzene rings is 1. The van der Waals surface area contributed by atoms with E-state index in [1.807, 2.05) is 6.07 Å². The molecule has 6 rings (SSSR count). The number of phenolic OH excluding ortho intramolecular Hbond substituents is 1. The third kappa shape index (κ3) is 1.27. The van der Waals surface area contributed by atoms with Crippen molar-refractivity contribution >= 4 is 5.78 Å². The van der Waals surface area contributed by atoms with Gasteiger partial charge >= 0.3 is 0 Å². The zero-order valence-corrected chi connectivity index (χ0v) is 14.2. The molecule has 5 nitrogen and oxygen atoms in total. The van der Waals surface area contributed by atoms with E-state index in [1.54, 1.807) is 6.07 Å². The van der Waals surface area contributed by atoms with Crippen LogP contribution in [0.2, 0.25) is 0 Å². The van der Waals surface area contributed by atoms with Crippen LogP contribution in [0.5, 0.6) is 11.5 Å². The highest BCUT2D eigenvalue weighted by Gasteiger charge is 2.79. The van der Waals surface area contributed by atoms with E-state index in [1.165, 1.54) is 0 Å². The topological polar surface area (TPSA) is 66.8 Å². The summed E-state index contributed by atoms with van der Waals surface area (Å²) in [4.78, 5) is 12.7. The number of hydrogen-bond donors (Lipinski definition) is 2. The van der Waals surface area contributed by atoms with Gasteiger partial charge in [-0.1, -0.05) is 13.0 Å². The lowest BCUT2D eigenvalue weighted by molar-refractivity contribution is -0.805. The molecular weight excluding hydrogens is 318 g/mol. The van der Waals surface area contributed by atoms with E-state index in [4.69, 9.17) is 4.74 Å². The summed E-state index contributed by atoms with van der Waals surface area (Å²) < 4.78 is 6.85. The number of quaternary nitrogens is 1. The van der Waals surface area contributed by atoms with Crippen LogP contribution in [0.15, 0.2) is 24.4 Å². The Morgan fingerprint density at radius 2 is 2.24 bits per heavy atom. The molecule has 1 saturated heterocycles. The third-order valence-electron chi connectivity index (χ3n) is 7.75. The van der Waals surface area contributed by atoms with Crippen molar-refractivity contribution in [2.24, 2.45) is 0 Å². The van der Waals surface area contributed by atoms with Gasteiger partial charge in [-0.3, -0.25) is 9.28 Å². The molecule has 0 amide bonds. The Bertz CT molecular complexity index is 879. The minimum atomic E-state index is -0.990. The van der Waals surface area contributed by atoms with Crippen molar-refractivity contribution in [2.45, 2.75) is 61.8 Å². The lowest BCUT2D eigenvalue weighted by atomic mass is 9.50. The van der Waals surface area contributed by atoms with Crippen molar-refractivity contribution in [3.05, 3.63) is 35.5 Å². The van der Waals surface area contributed by atoms with Crippen molar-refractivity contribution in [2.75, 3.05) is 6.54 Å². The van der Waals surface area contributed by atoms with E-state index in [-0.39, 0.29) is 17.6 Å². The molecule has 130 valence electrons. The van der Waals surface area contributed by atoms with Gasteiger partial charge in [-0.15, -0.1) is 0 Å². The lowest BCUT2D eigenvalue weighted by Gasteiger charge is -2.58. The number of hydrogen-bond acceptors (Lipinski definition) is 4. The fraction of sp³-hybridized carbons (Fsp3) is 0.550. The van der Waals surface area contributed by atoms with Crippen molar-refractivity contribution in [1.29, 1.82) is 0 Å². The number of carbonyl (C=O) groups excluding carboxylic acids is 1. The summed E-state index contributed by atoms with van der Waals surface area (Å²) in [7, 11) is 0. The molecule has 0 aromatic heterocycles. The van der Waals surface area contributed by atoms with Gasteiger partial charge in [-0.2, -0.15) is 0 Å². The van der Waals surface area contributed by atoms with Crippen LogP contribution in [0.3, 0.4) is 0 Å². The fourth-order valence-electron chi connectivity index (χ4n) is 6.53. The molecule has 2 fully saturated rings. The van der Waals surface area contributed by atoms with Gasteiger partial charge in [0.05, 0.1) is 6.20 Å². The molecule has 2 N–H and O–H groups in total. The first kappa shape index (κ1) is 14.3. The lowest BCUT2D eigenvalue weighted by Crippen LogP contribution is -2.74. The molecule has 1 saturated carbocycles. The summed E-state index contributed by atoms with van der Waals surface area (Å²) in [5.74, 6) is 0.505. The van der Waals surface area contributed by atoms with Crippen LogP contribution in [-0.4, -0.2) is 50.8 Å². The molecule has 6 atom stereocenters. The number of aliphatic hydroxyl groups is 1. The van der Waals surface area contributed by atoms with Crippen LogP contribution in [0.25, 0.3) is 0 Å². The molecule has 2 spiro atoms. The molecule has 0 radical (unpaired) electrons. The second kappa shape index (κ2) is 3.94. The Morgan fingerprint density at radius 1 is 1.40 bits per heavy atom. The van der Waals surface area contributed by atoms with Crippen LogP contribution in [0.1, 0.15) is 37.3 Å². The van der Waals surface area contributed by atoms with E-state index in [0.717, 1.165) is 35.0 Å². The summed E-state index contributed by atoms with van der Waals surface area (Å²) in [6.45, 7) is 3.27. The second-order valence-corrected chi connectivity index (χ2v) is 8.48. The number of aromatic hydroxyl groups is 1. The molecule has 2 bridgehead atoms. The van der Waals surface area contributed by atoms with Gasteiger partial charge in [0.2, 0.25) is 0 Å². The Hall–Kier alpha value is -1.85. The fourth-order valence-corrected chi connectivity index (χ4v) is 6.53. The number of ketones is 1. The SMILES string of the molecule is CC[C@H]1C[N@+]12C=C[C@]13c4c5ccc(O)c4O[C@H]1C(=O)CC[C@@]3(O)[C@H]2C5. The number of fused-ring (bicyclic) bond motifs is 1. The van der Waals surface area contributed by atoms with Crippen LogP contribution in [-0.2, 0) is 16.6 Å². The minimum Gasteiger partial charge on any atom is -0.504 e. The zero-order valence-electron chi connectivity index (χ0n) is 14.2. The van der Waals surface area contributed by atoms with Crippen LogP contribution in [0.4, 0.5) is 0 Å². The zero-order chi connectivity index (χ0) is 17.2. The maximum Gasteiger partial charge on any atom is 0.174 e. The highest BCUT2D eigenvalue weighted by Crippen LogP contribution is 2.66. The van der Waals surface area contributed by atoms with Crippen LogP contribution < -0.4 is 4.74 Å². The number of rotatable bonds is 1. The average molecular weight is 340 g/mol. The largest absolute Gasteiger partial charge is 0.504 e. The molecule has 3 heterocycles. The number of nitrogens with zero attached hydrogens (tertiary/aromatic N) is 1. The Labute approximate surface area is 146 Å². The number of ether oxygens (including phenoxy) is 1. The van der Waals surface area contributed by atoms with Crippen LogP contribution in [0, 0.1) is 0 Å². The van der Waals surface area contributed by atoms with Gasteiger partial charge < -0.3 is 14.9 Å².